The molecule has 1 aliphatic rings. The van der Waals surface area contributed by atoms with Crippen LogP contribution in [-0.4, -0.2) is 31.0 Å². The first-order valence-corrected chi connectivity index (χ1v) is 6.13. The first-order valence-electron chi connectivity index (χ1n) is 5.69. The maximum atomic E-state index is 11.6. The summed E-state index contributed by atoms with van der Waals surface area (Å²) >= 11 is 5.81. The van der Waals surface area contributed by atoms with E-state index in [2.05, 4.69) is 5.32 Å². The molecule has 0 bridgehead atoms. The average molecular weight is 234 g/mol. The molecule has 0 aromatic carbocycles. The molecule has 0 aliphatic carbocycles. The maximum Gasteiger partial charge on any atom is 0.225 e. The van der Waals surface area contributed by atoms with Crippen molar-refractivity contribution in [3.05, 3.63) is 0 Å². The number of rotatable bonds is 5. The molecule has 1 N–H and O–H groups in total. The minimum atomic E-state index is 0.0622. The Hall–Kier alpha value is -0.280. The standard InChI is InChI=1S/C11H20ClNO2/c1-9(12)4-2-6-13-11(14)10-5-3-7-15-8-10/h9-10H,2-8H2,1H3,(H,13,14). The Bertz CT molecular complexity index is 191. The van der Waals surface area contributed by atoms with Crippen LogP contribution in [0.4, 0.5) is 0 Å². The van der Waals surface area contributed by atoms with Crippen molar-refractivity contribution < 1.29 is 9.53 Å². The van der Waals surface area contributed by atoms with E-state index in [9.17, 15) is 4.79 Å². The summed E-state index contributed by atoms with van der Waals surface area (Å²) in [6.07, 6.45) is 3.85. The fraction of sp³-hybridized carbons (Fsp3) is 0.909. The van der Waals surface area contributed by atoms with Crippen LogP contribution >= 0.6 is 11.6 Å². The molecule has 1 fully saturated rings. The molecule has 15 heavy (non-hydrogen) atoms. The van der Waals surface area contributed by atoms with Gasteiger partial charge in [0.25, 0.3) is 0 Å². The number of nitrogens with one attached hydrogen (secondary N) is 1. The molecular weight excluding hydrogens is 214 g/mol. The Morgan fingerprint density at radius 3 is 3.07 bits per heavy atom. The minimum absolute atomic E-state index is 0.0622. The SMILES string of the molecule is CC(Cl)CCCNC(=O)C1CCCOC1. The van der Waals surface area contributed by atoms with Gasteiger partial charge in [0.1, 0.15) is 0 Å². The zero-order chi connectivity index (χ0) is 11.1. The third-order valence-electron chi connectivity index (χ3n) is 2.61. The van der Waals surface area contributed by atoms with Crippen molar-refractivity contribution >= 4 is 17.5 Å². The van der Waals surface area contributed by atoms with E-state index in [-0.39, 0.29) is 17.2 Å². The fourth-order valence-electron chi connectivity index (χ4n) is 1.69. The molecule has 1 amide bonds. The van der Waals surface area contributed by atoms with Gasteiger partial charge in [0.05, 0.1) is 12.5 Å². The fourth-order valence-corrected chi connectivity index (χ4v) is 1.84. The van der Waals surface area contributed by atoms with Crippen LogP contribution in [0.5, 0.6) is 0 Å². The predicted octanol–water partition coefficient (Wildman–Crippen LogP) is 1.94. The summed E-state index contributed by atoms with van der Waals surface area (Å²) in [7, 11) is 0. The number of hydrogen-bond acceptors (Lipinski definition) is 2. The second-order valence-electron chi connectivity index (χ2n) is 4.13. The van der Waals surface area contributed by atoms with Crippen LogP contribution < -0.4 is 5.32 Å². The molecule has 0 aromatic heterocycles. The Morgan fingerprint density at radius 2 is 2.47 bits per heavy atom. The van der Waals surface area contributed by atoms with Crippen LogP contribution in [-0.2, 0) is 9.53 Å². The Labute approximate surface area is 96.5 Å². The second-order valence-corrected chi connectivity index (χ2v) is 4.87. The quantitative estimate of drug-likeness (QED) is 0.582. The molecule has 1 aliphatic heterocycles. The highest BCUT2D eigenvalue weighted by atomic mass is 35.5. The van der Waals surface area contributed by atoms with E-state index < -0.39 is 0 Å². The van der Waals surface area contributed by atoms with E-state index in [4.69, 9.17) is 16.3 Å². The van der Waals surface area contributed by atoms with Crippen LogP contribution in [0, 0.1) is 5.92 Å². The van der Waals surface area contributed by atoms with Crippen LogP contribution in [0.15, 0.2) is 0 Å². The maximum absolute atomic E-state index is 11.6. The van der Waals surface area contributed by atoms with Gasteiger partial charge in [0.15, 0.2) is 0 Å². The lowest BCUT2D eigenvalue weighted by atomic mass is 10.0. The first-order chi connectivity index (χ1) is 7.20. The molecule has 0 saturated carbocycles. The van der Waals surface area contributed by atoms with Crippen molar-refractivity contribution in [2.45, 2.75) is 38.0 Å². The zero-order valence-corrected chi connectivity index (χ0v) is 10.1. The monoisotopic (exact) mass is 233 g/mol. The Balaban J connectivity index is 2.07. The van der Waals surface area contributed by atoms with Crippen molar-refractivity contribution in [3.63, 3.8) is 0 Å². The predicted molar refractivity (Wildman–Crippen MR) is 61.1 cm³/mol. The largest absolute Gasteiger partial charge is 0.381 e. The third kappa shape index (κ3) is 5.38. The zero-order valence-electron chi connectivity index (χ0n) is 9.30. The van der Waals surface area contributed by atoms with Gasteiger partial charge < -0.3 is 10.1 Å². The summed E-state index contributed by atoms with van der Waals surface area (Å²) < 4.78 is 5.27. The smallest absolute Gasteiger partial charge is 0.225 e. The third-order valence-corrected chi connectivity index (χ3v) is 2.83. The molecule has 3 nitrogen and oxygen atoms in total. The summed E-state index contributed by atoms with van der Waals surface area (Å²) in [5, 5.41) is 3.12. The average Bonchev–Trinajstić information content (AvgIpc) is 2.25. The molecule has 0 aromatic rings. The van der Waals surface area contributed by atoms with E-state index >= 15 is 0 Å². The minimum Gasteiger partial charge on any atom is -0.381 e. The highest BCUT2D eigenvalue weighted by Gasteiger charge is 2.20. The summed E-state index contributed by atoms with van der Waals surface area (Å²) in [4.78, 5) is 11.6. The lowest BCUT2D eigenvalue weighted by Gasteiger charge is -2.21. The normalized spacial score (nSPS) is 23.5. The van der Waals surface area contributed by atoms with Crippen molar-refractivity contribution in [1.82, 2.24) is 5.32 Å². The van der Waals surface area contributed by atoms with Gasteiger partial charge in [-0.3, -0.25) is 4.79 Å². The number of hydrogen-bond donors (Lipinski definition) is 1. The van der Waals surface area contributed by atoms with Crippen molar-refractivity contribution in [3.8, 4) is 0 Å². The molecule has 1 heterocycles. The molecule has 2 atom stereocenters. The molecule has 0 spiro atoms. The number of carbonyl (C=O) groups is 1. The van der Waals surface area contributed by atoms with Gasteiger partial charge in [-0.25, -0.2) is 0 Å². The van der Waals surface area contributed by atoms with Crippen LogP contribution in [0.1, 0.15) is 32.6 Å². The van der Waals surface area contributed by atoms with E-state index in [1.807, 2.05) is 6.92 Å². The van der Waals surface area contributed by atoms with Crippen molar-refractivity contribution in [2.24, 2.45) is 5.92 Å². The first kappa shape index (κ1) is 12.8. The van der Waals surface area contributed by atoms with Crippen molar-refractivity contribution in [1.29, 1.82) is 0 Å². The lowest BCUT2D eigenvalue weighted by molar-refractivity contribution is -0.128. The topological polar surface area (TPSA) is 38.3 Å². The van der Waals surface area contributed by atoms with Gasteiger partial charge in [0, 0.05) is 18.5 Å². The van der Waals surface area contributed by atoms with Gasteiger partial charge in [-0.05, 0) is 32.6 Å². The van der Waals surface area contributed by atoms with Gasteiger partial charge in [-0.15, -0.1) is 11.6 Å². The Morgan fingerprint density at radius 1 is 1.67 bits per heavy atom. The van der Waals surface area contributed by atoms with E-state index in [0.29, 0.717) is 6.61 Å². The van der Waals surface area contributed by atoms with E-state index in [1.165, 1.54) is 0 Å². The second kappa shape index (κ2) is 7.07. The van der Waals surface area contributed by atoms with Crippen LogP contribution in [0.2, 0.25) is 0 Å². The van der Waals surface area contributed by atoms with Gasteiger partial charge in [-0.1, -0.05) is 0 Å². The van der Waals surface area contributed by atoms with Gasteiger partial charge in [0.2, 0.25) is 5.91 Å². The molecule has 2 unspecified atom stereocenters. The number of carbonyl (C=O) groups excluding carboxylic acids is 1. The lowest BCUT2D eigenvalue weighted by Crippen LogP contribution is -2.36. The van der Waals surface area contributed by atoms with Gasteiger partial charge >= 0.3 is 0 Å². The highest BCUT2D eigenvalue weighted by molar-refractivity contribution is 6.20. The number of ether oxygens (including phenoxy) is 1. The molecule has 1 rings (SSSR count). The van der Waals surface area contributed by atoms with Gasteiger partial charge in [-0.2, -0.15) is 0 Å². The summed E-state index contributed by atoms with van der Waals surface area (Å²) in [5.74, 6) is 0.198. The molecule has 4 heteroatoms. The number of amides is 1. The highest BCUT2D eigenvalue weighted by Crippen LogP contribution is 2.13. The summed E-state index contributed by atoms with van der Waals surface area (Å²) in [5.41, 5.74) is 0. The molecule has 0 radical (unpaired) electrons. The van der Waals surface area contributed by atoms with E-state index in [1.54, 1.807) is 0 Å². The molecular formula is C11H20ClNO2. The number of alkyl halides is 1. The Kier molecular flexibility index (Phi) is 6.03. The number of halogens is 1. The summed E-state index contributed by atoms with van der Waals surface area (Å²) in [6.45, 7) is 4.08. The summed E-state index contributed by atoms with van der Waals surface area (Å²) in [6, 6.07) is 0. The van der Waals surface area contributed by atoms with E-state index in [0.717, 1.165) is 38.8 Å². The van der Waals surface area contributed by atoms with Crippen molar-refractivity contribution in [2.75, 3.05) is 19.8 Å². The van der Waals surface area contributed by atoms with Crippen LogP contribution in [0.25, 0.3) is 0 Å². The molecule has 88 valence electrons. The molecule has 1 saturated heterocycles. The van der Waals surface area contributed by atoms with Crippen LogP contribution in [0.3, 0.4) is 0 Å².